The zero-order chi connectivity index (χ0) is 15.0. The van der Waals surface area contributed by atoms with Crippen LogP contribution in [0.25, 0.3) is 0 Å². The Hall–Kier alpha value is -0.470. The fourth-order valence-corrected chi connectivity index (χ4v) is 3.99. The predicted octanol–water partition coefficient (Wildman–Crippen LogP) is 1.48. The fraction of sp³-hybridized carbons (Fsp3) is 0.692. The van der Waals surface area contributed by atoms with Gasteiger partial charge in [0.15, 0.2) is 0 Å². The van der Waals surface area contributed by atoms with Crippen LogP contribution in [0.15, 0.2) is 16.3 Å². The minimum absolute atomic E-state index is 0.376. The lowest BCUT2D eigenvalue weighted by Crippen LogP contribution is -2.27. The third-order valence-corrected chi connectivity index (χ3v) is 5.27. The third kappa shape index (κ3) is 6.32. The van der Waals surface area contributed by atoms with Gasteiger partial charge in [0.1, 0.15) is 0 Å². The number of rotatable bonds is 10. The van der Waals surface area contributed by atoms with E-state index in [0.29, 0.717) is 11.4 Å². The largest absolute Gasteiger partial charge is 0.312 e. The van der Waals surface area contributed by atoms with E-state index in [1.54, 1.807) is 11.4 Å². The van der Waals surface area contributed by atoms with Crippen LogP contribution in [0.4, 0.5) is 0 Å². The second-order valence-corrected chi connectivity index (χ2v) is 7.74. The highest BCUT2D eigenvalue weighted by Gasteiger charge is 2.15. The van der Waals surface area contributed by atoms with E-state index in [1.165, 1.54) is 11.3 Å². The summed E-state index contributed by atoms with van der Waals surface area (Å²) in [4.78, 5) is 3.46. The maximum Gasteiger partial charge on any atom is 0.241 e. The molecule has 0 saturated carbocycles. The van der Waals surface area contributed by atoms with Crippen molar-refractivity contribution in [3.8, 4) is 0 Å². The average Bonchev–Trinajstić information content (AvgIpc) is 2.84. The van der Waals surface area contributed by atoms with Gasteiger partial charge in [-0.25, -0.2) is 13.1 Å². The number of hydrogen-bond acceptors (Lipinski definition) is 5. The molecule has 1 aromatic heterocycles. The van der Waals surface area contributed by atoms with Crippen LogP contribution < -0.4 is 10.0 Å². The molecule has 116 valence electrons. The van der Waals surface area contributed by atoms with Crippen molar-refractivity contribution in [3.63, 3.8) is 0 Å². The summed E-state index contributed by atoms with van der Waals surface area (Å²) in [5.41, 5.74) is 0. The van der Waals surface area contributed by atoms with Gasteiger partial charge in [0.2, 0.25) is 10.0 Å². The smallest absolute Gasteiger partial charge is 0.241 e. The number of thiophene rings is 1. The Kier molecular flexibility index (Phi) is 7.68. The molecule has 0 saturated heterocycles. The summed E-state index contributed by atoms with van der Waals surface area (Å²) in [5, 5.41) is 4.98. The lowest BCUT2D eigenvalue weighted by Gasteiger charge is -2.09. The van der Waals surface area contributed by atoms with E-state index in [9.17, 15) is 8.42 Å². The van der Waals surface area contributed by atoms with Crippen molar-refractivity contribution >= 4 is 21.4 Å². The van der Waals surface area contributed by atoms with E-state index < -0.39 is 10.0 Å². The van der Waals surface area contributed by atoms with Crippen LogP contribution in [-0.2, 0) is 16.6 Å². The molecule has 5 nitrogen and oxygen atoms in total. The summed E-state index contributed by atoms with van der Waals surface area (Å²) in [6, 6.07) is 1.75. The van der Waals surface area contributed by atoms with Gasteiger partial charge in [0.25, 0.3) is 0 Å². The molecule has 1 aromatic rings. The standard InChI is InChI=1S/C13H25N3O2S2/c1-4-6-14-10-12-9-13(11-19-12)20(17,18)15-7-5-8-16(2)3/h9,11,14-15H,4-8,10H2,1-3H3. The maximum atomic E-state index is 12.1. The van der Waals surface area contributed by atoms with Crippen LogP contribution in [0.1, 0.15) is 24.6 Å². The van der Waals surface area contributed by atoms with Gasteiger partial charge in [-0.2, -0.15) is 0 Å². The van der Waals surface area contributed by atoms with Crippen molar-refractivity contribution in [1.82, 2.24) is 14.9 Å². The van der Waals surface area contributed by atoms with Gasteiger partial charge in [-0.15, -0.1) is 11.3 Å². The van der Waals surface area contributed by atoms with Gasteiger partial charge in [-0.1, -0.05) is 6.92 Å². The second-order valence-electron chi connectivity index (χ2n) is 4.98. The molecular weight excluding hydrogens is 294 g/mol. The monoisotopic (exact) mass is 319 g/mol. The van der Waals surface area contributed by atoms with Crippen LogP contribution in [0.5, 0.6) is 0 Å². The van der Waals surface area contributed by atoms with Crippen LogP contribution >= 0.6 is 11.3 Å². The number of hydrogen-bond donors (Lipinski definition) is 2. The molecule has 0 fully saturated rings. The van der Waals surface area contributed by atoms with Gasteiger partial charge in [0.05, 0.1) is 4.90 Å². The molecule has 1 rings (SSSR count). The minimum Gasteiger partial charge on any atom is -0.312 e. The van der Waals surface area contributed by atoms with E-state index >= 15 is 0 Å². The topological polar surface area (TPSA) is 61.4 Å². The highest BCUT2D eigenvalue weighted by Crippen LogP contribution is 2.19. The first kappa shape index (κ1) is 17.6. The molecule has 0 aromatic carbocycles. The van der Waals surface area contributed by atoms with Crippen molar-refractivity contribution in [2.45, 2.75) is 31.2 Å². The molecule has 0 bridgehead atoms. The van der Waals surface area contributed by atoms with Gasteiger partial charge in [-0.05, 0) is 46.1 Å². The van der Waals surface area contributed by atoms with E-state index in [1.807, 2.05) is 19.0 Å². The summed E-state index contributed by atoms with van der Waals surface area (Å²) < 4.78 is 26.8. The summed E-state index contributed by atoms with van der Waals surface area (Å²) in [6.45, 7) is 5.13. The average molecular weight is 319 g/mol. The molecule has 0 spiro atoms. The molecule has 0 aliphatic rings. The summed E-state index contributed by atoms with van der Waals surface area (Å²) in [7, 11) is 0.596. The Balaban J connectivity index is 2.46. The van der Waals surface area contributed by atoms with Crippen LogP contribution in [0.2, 0.25) is 0 Å². The first-order chi connectivity index (χ1) is 9.45. The maximum absolute atomic E-state index is 12.1. The van der Waals surface area contributed by atoms with Crippen LogP contribution in [0, 0.1) is 0 Å². The van der Waals surface area contributed by atoms with E-state index in [-0.39, 0.29) is 0 Å². The Morgan fingerprint density at radius 1 is 1.30 bits per heavy atom. The fourth-order valence-electron chi connectivity index (χ4n) is 1.67. The molecular formula is C13H25N3O2S2. The highest BCUT2D eigenvalue weighted by molar-refractivity contribution is 7.89. The van der Waals surface area contributed by atoms with Gasteiger partial charge >= 0.3 is 0 Å². The molecule has 1 heterocycles. The van der Waals surface area contributed by atoms with Gasteiger partial charge in [0, 0.05) is 23.3 Å². The van der Waals surface area contributed by atoms with Crippen molar-refractivity contribution in [1.29, 1.82) is 0 Å². The lowest BCUT2D eigenvalue weighted by molar-refractivity contribution is 0.400. The summed E-state index contributed by atoms with van der Waals surface area (Å²) >= 11 is 1.48. The molecule has 0 aliphatic heterocycles. The Morgan fingerprint density at radius 2 is 2.05 bits per heavy atom. The predicted molar refractivity (Wildman–Crippen MR) is 84.7 cm³/mol. The van der Waals surface area contributed by atoms with Crippen LogP contribution in [0.3, 0.4) is 0 Å². The molecule has 2 N–H and O–H groups in total. The Morgan fingerprint density at radius 3 is 2.70 bits per heavy atom. The molecule has 7 heteroatoms. The zero-order valence-electron chi connectivity index (χ0n) is 12.5. The first-order valence-electron chi connectivity index (χ1n) is 6.88. The van der Waals surface area contributed by atoms with E-state index in [4.69, 9.17) is 0 Å². The number of nitrogens with one attached hydrogen (secondary N) is 2. The van der Waals surface area contributed by atoms with Crippen LogP contribution in [-0.4, -0.2) is 47.0 Å². The highest BCUT2D eigenvalue weighted by atomic mass is 32.2. The summed E-state index contributed by atoms with van der Waals surface area (Å²) in [6.07, 6.45) is 1.88. The second kappa shape index (κ2) is 8.74. The molecule has 0 amide bonds. The third-order valence-electron chi connectivity index (χ3n) is 2.74. The Bertz CT molecular complexity index is 484. The van der Waals surface area contributed by atoms with Crippen molar-refractivity contribution < 1.29 is 8.42 Å². The minimum atomic E-state index is -3.35. The quantitative estimate of drug-likeness (QED) is 0.641. The molecule has 20 heavy (non-hydrogen) atoms. The van der Waals surface area contributed by atoms with E-state index in [0.717, 1.165) is 37.4 Å². The molecule has 0 unspecified atom stereocenters. The lowest BCUT2D eigenvalue weighted by atomic mass is 10.4. The van der Waals surface area contributed by atoms with Gasteiger partial charge < -0.3 is 10.2 Å². The first-order valence-corrected chi connectivity index (χ1v) is 9.24. The number of sulfonamides is 1. The Labute approximate surface area is 126 Å². The molecule has 0 radical (unpaired) electrons. The van der Waals surface area contributed by atoms with Crippen molar-refractivity contribution in [3.05, 3.63) is 16.3 Å². The van der Waals surface area contributed by atoms with E-state index in [2.05, 4.69) is 17.0 Å². The van der Waals surface area contributed by atoms with Crippen molar-refractivity contribution in [2.24, 2.45) is 0 Å². The summed E-state index contributed by atoms with van der Waals surface area (Å²) in [5.74, 6) is 0. The van der Waals surface area contributed by atoms with Crippen molar-refractivity contribution in [2.75, 3.05) is 33.7 Å². The molecule has 0 aliphatic carbocycles. The SMILES string of the molecule is CCCNCc1cc(S(=O)(=O)NCCCN(C)C)cs1. The number of nitrogens with zero attached hydrogens (tertiary/aromatic N) is 1. The molecule has 0 atom stereocenters. The normalized spacial score (nSPS) is 12.2. The van der Waals surface area contributed by atoms with Gasteiger partial charge in [-0.3, -0.25) is 0 Å². The zero-order valence-corrected chi connectivity index (χ0v) is 14.1.